The second-order valence-corrected chi connectivity index (χ2v) is 5.70. The first kappa shape index (κ1) is 13.8. The molecule has 0 aliphatic heterocycles. The minimum absolute atomic E-state index is 0.697. The maximum Gasteiger partial charge on any atom is 0.0715 e. The highest BCUT2D eigenvalue weighted by atomic mass is 79.9. The Labute approximate surface area is 131 Å². The molecule has 4 nitrogen and oxygen atoms in total. The number of hydrogen-bond donors (Lipinski definition) is 2. The summed E-state index contributed by atoms with van der Waals surface area (Å²) in [4.78, 5) is 4.15. The van der Waals surface area contributed by atoms with Crippen molar-refractivity contribution >= 4 is 21.6 Å². The molecule has 3 rings (SSSR count). The fourth-order valence-electron chi connectivity index (χ4n) is 2.17. The predicted octanol–water partition coefficient (Wildman–Crippen LogP) is 4.15. The van der Waals surface area contributed by atoms with Gasteiger partial charge in [-0.15, -0.1) is 0 Å². The van der Waals surface area contributed by atoms with E-state index in [1.165, 1.54) is 5.56 Å². The number of nitrogens with zero attached hydrogens (tertiary/aromatic N) is 2. The van der Waals surface area contributed by atoms with E-state index < -0.39 is 0 Å². The minimum Gasteiger partial charge on any atom is -0.380 e. The van der Waals surface area contributed by atoms with Crippen LogP contribution >= 0.6 is 15.9 Å². The Morgan fingerprint density at radius 3 is 2.95 bits per heavy atom. The van der Waals surface area contributed by atoms with Crippen LogP contribution in [0.4, 0.5) is 5.69 Å². The highest BCUT2D eigenvalue weighted by Crippen LogP contribution is 2.25. The van der Waals surface area contributed by atoms with Gasteiger partial charge in [0, 0.05) is 40.2 Å². The number of halogens is 1. The first-order valence-corrected chi connectivity index (χ1v) is 7.46. The Hall–Kier alpha value is -2.14. The zero-order valence-electron chi connectivity index (χ0n) is 11.6. The molecule has 0 aliphatic carbocycles. The molecule has 2 aromatic heterocycles. The van der Waals surface area contributed by atoms with Crippen LogP contribution in [0.15, 0.2) is 53.4 Å². The molecule has 0 aliphatic rings. The molecule has 1 aromatic carbocycles. The van der Waals surface area contributed by atoms with E-state index in [-0.39, 0.29) is 0 Å². The molecular formula is C16H15BrN4. The molecule has 2 heterocycles. The SMILES string of the molecule is Cc1ccc(Br)c(NCc2cn[nH]c2-c2cccnc2)c1. The number of rotatable bonds is 4. The molecule has 0 saturated carbocycles. The average molecular weight is 343 g/mol. The Kier molecular flexibility index (Phi) is 4.01. The van der Waals surface area contributed by atoms with Crippen molar-refractivity contribution in [1.29, 1.82) is 0 Å². The molecular weight excluding hydrogens is 328 g/mol. The van der Waals surface area contributed by atoms with Gasteiger partial charge in [0.05, 0.1) is 11.9 Å². The standard InChI is InChI=1S/C16H15BrN4/c1-11-4-5-14(17)15(7-11)19-9-13-10-20-21-16(13)12-3-2-6-18-8-12/h2-8,10,19H,9H2,1H3,(H,20,21). The Bertz CT molecular complexity index is 737. The van der Waals surface area contributed by atoms with Crippen LogP contribution in [0, 0.1) is 6.92 Å². The summed E-state index contributed by atoms with van der Waals surface area (Å²) in [6.45, 7) is 2.78. The molecule has 0 fully saturated rings. The van der Waals surface area contributed by atoms with Crippen LogP contribution in [0.1, 0.15) is 11.1 Å². The fraction of sp³-hybridized carbons (Fsp3) is 0.125. The van der Waals surface area contributed by atoms with Crippen LogP contribution in [0.5, 0.6) is 0 Å². The van der Waals surface area contributed by atoms with Crippen molar-refractivity contribution in [3.05, 3.63) is 64.5 Å². The Morgan fingerprint density at radius 2 is 2.14 bits per heavy atom. The number of hydrogen-bond acceptors (Lipinski definition) is 3. The van der Waals surface area contributed by atoms with Gasteiger partial charge in [0.1, 0.15) is 0 Å². The molecule has 0 atom stereocenters. The first-order chi connectivity index (χ1) is 10.2. The molecule has 0 radical (unpaired) electrons. The van der Waals surface area contributed by atoms with Crippen molar-refractivity contribution in [2.24, 2.45) is 0 Å². The second kappa shape index (κ2) is 6.10. The lowest BCUT2D eigenvalue weighted by atomic mass is 10.1. The second-order valence-electron chi connectivity index (χ2n) is 4.85. The van der Waals surface area contributed by atoms with E-state index >= 15 is 0 Å². The summed E-state index contributed by atoms with van der Waals surface area (Å²) in [5.41, 5.74) is 5.44. The Balaban J connectivity index is 1.81. The molecule has 0 spiro atoms. The third-order valence-electron chi connectivity index (χ3n) is 3.26. The Morgan fingerprint density at radius 1 is 1.24 bits per heavy atom. The van der Waals surface area contributed by atoms with Crippen molar-refractivity contribution in [2.45, 2.75) is 13.5 Å². The zero-order valence-corrected chi connectivity index (χ0v) is 13.2. The molecule has 106 valence electrons. The molecule has 2 N–H and O–H groups in total. The largest absolute Gasteiger partial charge is 0.380 e. The van der Waals surface area contributed by atoms with E-state index in [1.54, 1.807) is 6.20 Å². The van der Waals surface area contributed by atoms with E-state index in [2.05, 4.69) is 61.6 Å². The number of H-pyrrole nitrogens is 1. The van der Waals surface area contributed by atoms with E-state index in [1.807, 2.05) is 24.5 Å². The highest BCUT2D eigenvalue weighted by Gasteiger charge is 2.08. The summed E-state index contributed by atoms with van der Waals surface area (Å²) >= 11 is 3.56. The third kappa shape index (κ3) is 3.13. The van der Waals surface area contributed by atoms with Crippen LogP contribution in [-0.2, 0) is 6.54 Å². The highest BCUT2D eigenvalue weighted by molar-refractivity contribution is 9.10. The van der Waals surface area contributed by atoms with Gasteiger partial charge in [-0.2, -0.15) is 5.10 Å². The zero-order chi connectivity index (χ0) is 14.7. The van der Waals surface area contributed by atoms with Crippen molar-refractivity contribution in [1.82, 2.24) is 15.2 Å². The van der Waals surface area contributed by atoms with Gasteiger partial charge in [-0.3, -0.25) is 10.1 Å². The summed E-state index contributed by atoms with van der Waals surface area (Å²) in [6.07, 6.45) is 5.44. The van der Waals surface area contributed by atoms with Crippen LogP contribution in [0.25, 0.3) is 11.3 Å². The van der Waals surface area contributed by atoms with Crippen LogP contribution in [0.2, 0.25) is 0 Å². The van der Waals surface area contributed by atoms with Crippen molar-refractivity contribution in [3.63, 3.8) is 0 Å². The number of aryl methyl sites for hydroxylation is 1. The minimum atomic E-state index is 0.697. The van der Waals surface area contributed by atoms with Gasteiger partial charge in [-0.05, 0) is 52.7 Å². The van der Waals surface area contributed by atoms with Crippen LogP contribution in [0.3, 0.4) is 0 Å². The van der Waals surface area contributed by atoms with Crippen molar-refractivity contribution < 1.29 is 0 Å². The summed E-state index contributed by atoms with van der Waals surface area (Å²) in [6, 6.07) is 10.2. The first-order valence-electron chi connectivity index (χ1n) is 6.67. The summed E-state index contributed by atoms with van der Waals surface area (Å²) < 4.78 is 1.06. The lowest BCUT2D eigenvalue weighted by molar-refractivity contribution is 1.09. The summed E-state index contributed by atoms with van der Waals surface area (Å²) in [5.74, 6) is 0. The maximum atomic E-state index is 4.15. The lowest BCUT2D eigenvalue weighted by Gasteiger charge is -2.10. The van der Waals surface area contributed by atoms with Crippen molar-refractivity contribution in [3.8, 4) is 11.3 Å². The monoisotopic (exact) mass is 342 g/mol. The molecule has 0 bridgehead atoms. The normalized spacial score (nSPS) is 10.6. The number of nitrogens with one attached hydrogen (secondary N) is 2. The van der Waals surface area contributed by atoms with Gasteiger partial charge in [-0.25, -0.2) is 0 Å². The van der Waals surface area contributed by atoms with E-state index in [0.29, 0.717) is 6.54 Å². The molecule has 21 heavy (non-hydrogen) atoms. The van der Waals surface area contributed by atoms with Gasteiger partial charge in [0.2, 0.25) is 0 Å². The number of aromatic nitrogens is 3. The molecule has 5 heteroatoms. The fourth-order valence-corrected chi connectivity index (χ4v) is 2.56. The lowest BCUT2D eigenvalue weighted by Crippen LogP contribution is -2.01. The van der Waals surface area contributed by atoms with Gasteiger partial charge < -0.3 is 5.32 Å². The number of anilines is 1. The summed E-state index contributed by atoms with van der Waals surface area (Å²) in [5, 5.41) is 10.6. The number of aromatic amines is 1. The molecule has 3 aromatic rings. The van der Waals surface area contributed by atoms with Gasteiger partial charge in [0.15, 0.2) is 0 Å². The predicted molar refractivity (Wildman–Crippen MR) is 88.0 cm³/mol. The van der Waals surface area contributed by atoms with Crippen LogP contribution in [-0.4, -0.2) is 15.2 Å². The summed E-state index contributed by atoms with van der Waals surface area (Å²) in [7, 11) is 0. The van der Waals surface area contributed by atoms with E-state index in [0.717, 1.165) is 27.0 Å². The molecule has 0 saturated heterocycles. The van der Waals surface area contributed by atoms with Crippen LogP contribution < -0.4 is 5.32 Å². The van der Waals surface area contributed by atoms with Gasteiger partial charge >= 0.3 is 0 Å². The van der Waals surface area contributed by atoms with Gasteiger partial charge in [-0.1, -0.05) is 6.07 Å². The maximum absolute atomic E-state index is 4.15. The molecule has 0 amide bonds. The quantitative estimate of drug-likeness (QED) is 0.748. The average Bonchev–Trinajstić information content (AvgIpc) is 2.97. The smallest absolute Gasteiger partial charge is 0.0715 e. The number of benzene rings is 1. The topological polar surface area (TPSA) is 53.6 Å². The van der Waals surface area contributed by atoms with Gasteiger partial charge in [0.25, 0.3) is 0 Å². The van der Waals surface area contributed by atoms with Crippen molar-refractivity contribution in [2.75, 3.05) is 5.32 Å². The molecule has 0 unspecified atom stereocenters. The van der Waals surface area contributed by atoms with E-state index in [9.17, 15) is 0 Å². The van der Waals surface area contributed by atoms with E-state index in [4.69, 9.17) is 0 Å². The number of pyridine rings is 1. The third-order valence-corrected chi connectivity index (χ3v) is 3.95.